The lowest BCUT2D eigenvalue weighted by Gasteiger charge is -2.20. The highest BCUT2D eigenvalue weighted by molar-refractivity contribution is 7.92. The van der Waals surface area contributed by atoms with Crippen LogP contribution < -0.4 is 4.72 Å². The predicted octanol–water partition coefficient (Wildman–Crippen LogP) is 6.87. The number of carbonyl (C=O) groups is 1. The molecule has 2 aromatic carbocycles. The summed E-state index contributed by atoms with van der Waals surface area (Å²) < 4.78 is 43.8. The fraction of sp³-hybridized carbons (Fsp3) is 0.192. The zero-order valence-electron chi connectivity index (χ0n) is 19.9. The summed E-state index contributed by atoms with van der Waals surface area (Å²) in [5.74, 6) is -1.48. The van der Waals surface area contributed by atoms with Crippen molar-refractivity contribution in [1.82, 2.24) is 9.29 Å². The normalized spacial score (nSPS) is 15.7. The summed E-state index contributed by atoms with van der Waals surface area (Å²) in [5.41, 5.74) is 3.52. The van der Waals surface area contributed by atoms with Gasteiger partial charge in [0, 0.05) is 45.7 Å². The highest BCUT2D eigenvalue weighted by atomic mass is 35.5. The smallest absolute Gasteiger partial charge is 0.273 e. The topological polar surface area (TPSA) is 88.4 Å². The Bertz CT molecular complexity index is 1750. The third-order valence-electron chi connectivity index (χ3n) is 6.41. The maximum atomic E-state index is 14.8. The average Bonchev–Trinajstić information content (AvgIpc) is 3.36. The number of hydrogen-bond donors (Lipinski definition) is 2. The number of rotatable bonds is 6. The van der Waals surface area contributed by atoms with Crippen molar-refractivity contribution >= 4 is 90.6 Å². The van der Waals surface area contributed by atoms with E-state index in [-0.39, 0.29) is 13.6 Å². The number of benzene rings is 2. The van der Waals surface area contributed by atoms with Crippen LogP contribution in [-0.4, -0.2) is 30.1 Å². The molecule has 1 aliphatic rings. The summed E-state index contributed by atoms with van der Waals surface area (Å²) in [6.45, 7) is 0.338. The molecule has 1 unspecified atom stereocenters. The van der Waals surface area contributed by atoms with Crippen molar-refractivity contribution in [2.24, 2.45) is 0 Å². The minimum Gasteiger partial charge on any atom is -0.393 e. The van der Waals surface area contributed by atoms with Crippen molar-refractivity contribution in [3.63, 3.8) is 0 Å². The van der Waals surface area contributed by atoms with E-state index in [4.69, 9.17) is 46.4 Å². The van der Waals surface area contributed by atoms with E-state index in [1.165, 1.54) is 18.2 Å². The summed E-state index contributed by atoms with van der Waals surface area (Å²) in [4.78, 5) is 12.6. The zero-order valence-corrected chi connectivity index (χ0v) is 24.5. The van der Waals surface area contributed by atoms with Gasteiger partial charge in [-0.1, -0.05) is 52.5 Å². The Morgan fingerprint density at radius 3 is 2.62 bits per heavy atom. The number of thiophene rings is 1. The molecule has 13 heteroatoms. The minimum absolute atomic E-state index is 0.0582. The van der Waals surface area contributed by atoms with Gasteiger partial charge in [0.25, 0.3) is 15.9 Å². The van der Waals surface area contributed by atoms with Crippen molar-refractivity contribution in [2.45, 2.75) is 36.1 Å². The van der Waals surface area contributed by atoms with E-state index in [1.807, 2.05) is 9.29 Å². The van der Waals surface area contributed by atoms with E-state index >= 15 is 0 Å². The largest absolute Gasteiger partial charge is 0.393 e. The average molecular weight is 648 g/mol. The van der Waals surface area contributed by atoms with Gasteiger partial charge in [0.15, 0.2) is 0 Å². The summed E-state index contributed by atoms with van der Waals surface area (Å²) in [6.07, 6.45) is 3.27. The monoisotopic (exact) mass is 646 g/mol. The van der Waals surface area contributed by atoms with Gasteiger partial charge in [0.2, 0.25) is 0 Å². The van der Waals surface area contributed by atoms with Crippen LogP contribution in [0.5, 0.6) is 0 Å². The van der Waals surface area contributed by atoms with E-state index in [2.05, 4.69) is 0 Å². The molecule has 0 saturated carbocycles. The van der Waals surface area contributed by atoms with Crippen LogP contribution in [0.25, 0.3) is 17.0 Å². The molecule has 0 aliphatic heterocycles. The molecule has 5 rings (SSSR count). The molecule has 39 heavy (non-hydrogen) atoms. The van der Waals surface area contributed by atoms with Gasteiger partial charge in [-0.3, -0.25) is 4.79 Å². The van der Waals surface area contributed by atoms with Crippen LogP contribution in [0.3, 0.4) is 0 Å². The molecule has 204 valence electrons. The molecule has 2 heterocycles. The number of hydrogen-bond acceptors (Lipinski definition) is 5. The van der Waals surface area contributed by atoms with Crippen molar-refractivity contribution in [1.29, 1.82) is 0 Å². The first kappa shape index (κ1) is 28.4. The molecule has 0 spiro atoms. The van der Waals surface area contributed by atoms with E-state index in [9.17, 15) is 22.7 Å². The Kier molecular flexibility index (Phi) is 8.05. The highest BCUT2D eigenvalue weighted by Gasteiger charge is 2.27. The van der Waals surface area contributed by atoms with Gasteiger partial charge in [-0.05, 0) is 60.4 Å². The van der Waals surface area contributed by atoms with Crippen molar-refractivity contribution in [3.8, 4) is 0 Å². The summed E-state index contributed by atoms with van der Waals surface area (Å²) in [5, 5.41) is 12.0. The summed E-state index contributed by atoms with van der Waals surface area (Å²) >= 11 is 24.9. The molecule has 2 N–H and O–H groups in total. The van der Waals surface area contributed by atoms with Gasteiger partial charge < -0.3 is 9.67 Å². The molecular formula is C26H19Cl4FN2O4S2. The molecule has 1 amide bonds. The summed E-state index contributed by atoms with van der Waals surface area (Å²) in [6, 6.07) is 8.99. The molecule has 0 radical (unpaired) electrons. The quantitative estimate of drug-likeness (QED) is 0.224. The SMILES string of the molecule is O=C(/C=C/c1cc(F)cc2c3c(n(Cc4ccc(Cl)cc4Cl)c12)CCC(O)C3)NS(=O)(=O)c1cc(Cl)c(Cl)s1. The Labute approximate surface area is 247 Å². The first-order valence-corrected chi connectivity index (χ1v) is 15.4. The first-order valence-electron chi connectivity index (χ1n) is 11.6. The van der Waals surface area contributed by atoms with Crippen molar-refractivity contribution in [2.75, 3.05) is 0 Å². The molecule has 1 aliphatic carbocycles. The van der Waals surface area contributed by atoms with Gasteiger partial charge >= 0.3 is 0 Å². The Balaban J connectivity index is 1.56. The van der Waals surface area contributed by atoms with Crippen LogP contribution in [0, 0.1) is 5.82 Å². The van der Waals surface area contributed by atoms with Crippen LogP contribution >= 0.6 is 57.7 Å². The zero-order chi connectivity index (χ0) is 28.1. The second-order valence-electron chi connectivity index (χ2n) is 9.03. The fourth-order valence-electron chi connectivity index (χ4n) is 4.72. The fourth-order valence-corrected chi connectivity index (χ4v) is 8.02. The van der Waals surface area contributed by atoms with Crippen LogP contribution in [-0.2, 0) is 34.2 Å². The van der Waals surface area contributed by atoms with Gasteiger partial charge in [-0.25, -0.2) is 17.5 Å². The molecule has 6 nitrogen and oxygen atoms in total. The standard InChI is InChI=1S/C26H19Cl4FN2O4S2/c27-15-3-1-14(20(28)8-15)12-33-22-5-4-17(34)10-18(22)19-9-16(31)7-13(25(19)33)2-6-23(35)32-39(36,37)24-11-21(29)26(30)38-24/h1-3,6-9,11,17,34H,4-5,10,12H2,(H,32,35)/b6-2+. The molecule has 2 aromatic heterocycles. The molecule has 0 saturated heterocycles. The second-order valence-corrected chi connectivity index (χ2v) is 13.8. The maximum Gasteiger partial charge on any atom is 0.273 e. The van der Waals surface area contributed by atoms with Crippen LogP contribution in [0.15, 0.2) is 46.7 Å². The lowest BCUT2D eigenvalue weighted by atomic mass is 9.93. The highest BCUT2D eigenvalue weighted by Crippen LogP contribution is 2.37. The van der Waals surface area contributed by atoms with Gasteiger partial charge in [-0.2, -0.15) is 0 Å². The predicted molar refractivity (Wildman–Crippen MR) is 154 cm³/mol. The Hall–Kier alpha value is -2.11. The Morgan fingerprint density at radius 2 is 1.92 bits per heavy atom. The number of aliphatic hydroxyl groups is 1. The van der Waals surface area contributed by atoms with Gasteiger partial charge in [0.05, 0.1) is 16.6 Å². The molecular weight excluding hydrogens is 629 g/mol. The van der Waals surface area contributed by atoms with Crippen LogP contribution in [0.4, 0.5) is 4.39 Å². The van der Waals surface area contributed by atoms with E-state index < -0.39 is 27.9 Å². The molecule has 4 aromatic rings. The third kappa shape index (κ3) is 5.86. The number of amides is 1. The number of nitrogens with one attached hydrogen (secondary N) is 1. The van der Waals surface area contributed by atoms with Gasteiger partial charge in [0.1, 0.15) is 14.4 Å². The lowest BCUT2D eigenvalue weighted by molar-refractivity contribution is -0.114. The number of aliphatic hydroxyl groups excluding tert-OH is 1. The molecule has 0 fully saturated rings. The number of halogens is 5. The van der Waals surface area contributed by atoms with Crippen molar-refractivity contribution < 1.29 is 22.7 Å². The number of carbonyl (C=O) groups excluding carboxylic acids is 1. The number of nitrogens with zero attached hydrogens (tertiary/aromatic N) is 1. The number of fused-ring (bicyclic) bond motifs is 3. The number of sulfonamides is 1. The summed E-state index contributed by atoms with van der Waals surface area (Å²) in [7, 11) is -4.22. The van der Waals surface area contributed by atoms with Crippen LogP contribution in [0.1, 0.15) is 28.8 Å². The second kappa shape index (κ2) is 11.0. The van der Waals surface area contributed by atoms with Crippen molar-refractivity contribution in [3.05, 3.63) is 90.1 Å². The third-order valence-corrected chi connectivity index (χ3v) is 10.7. The maximum absolute atomic E-state index is 14.8. The molecule has 0 bridgehead atoms. The minimum atomic E-state index is -4.22. The lowest BCUT2D eigenvalue weighted by Crippen LogP contribution is -2.28. The Morgan fingerprint density at radius 1 is 1.15 bits per heavy atom. The van der Waals surface area contributed by atoms with Gasteiger partial charge in [-0.15, -0.1) is 11.3 Å². The van der Waals surface area contributed by atoms with E-state index in [1.54, 1.807) is 18.2 Å². The first-order chi connectivity index (χ1) is 18.4. The number of aromatic nitrogens is 1. The van der Waals surface area contributed by atoms with Crippen LogP contribution in [0.2, 0.25) is 19.4 Å². The van der Waals surface area contributed by atoms with E-state index in [0.717, 1.165) is 29.0 Å². The molecule has 1 atom stereocenters. The van der Waals surface area contributed by atoms with E-state index in [0.29, 0.717) is 63.7 Å².